The molecule has 5 atom stereocenters. The van der Waals surface area contributed by atoms with E-state index in [0.29, 0.717) is 25.7 Å². The summed E-state index contributed by atoms with van der Waals surface area (Å²) < 4.78 is 68.2. The van der Waals surface area contributed by atoms with E-state index in [1.165, 1.54) is 199 Å². The average molecular weight is 1340 g/mol. The lowest BCUT2D eigenvalue weighted by molar-refractivity contribution is -0.161. The third-order valence-electron chi connectivity index (χ3n) is 16.9. The Morgan fingerprint density at radius 3 is 0.648 bits per heavy atom. The lowest BCUT2D eigenvalue weighted by Gasteiger charge is -2.21. The highest BCUT2D eigenvalue weighted by Crippen LogP contribution is 2.45. The molecule has 2 unspecified atom stereocenters. The van der Waals surface area contributed by atoms with Crippen molar-refractivity contribution in [3.8, 4) is 0 Å². The predicted octanol–water partition coefficient (Wildman–Crippen LogP) is 21.1. The number of hydrogen-bond acceptors (Lipinski definition) is 15. The van der Waals surface area contributed by atoms with Gasteiger partial charge >= 0.3 is 39.5 Å². The van der Waals surface area contributed by atoms with Gasteiger partial charge in [0.1, 0.15) is 19.3 Å². The average Bonchev–Trinajstić information content (AvgIpc) is 3.46. The summed E-state index contributed by atoms with van der Waals surface area (Å²) in [5, 5.41) is 10.6. The molecule has 91 heavy (non-hydrogen) atoms. The first kappa shape index (κ1) is 89.1. The molecular formula is C72H140O17P2. The fourth-order valence-corrected chi connectivity index (χ4v) is 12.6. The van der Waals surface area contributed by atoms with Crippen LogP contribution in [0.2, 0.25) is 0 Å². The molecule has 0 aliphatic rings. The van der Waals surface area contributed by atoms with E-state index in [1.54, 1.807) is 0 Å². The van der Waals surface area contributed by atoms with Crippen LogP contribution in [0, 0.1) is 0 Å². The number of aliphatic hydroxyl groups is 1. The summed E-state index contributed by atoms with van der Waals surface area (Å²) >= 11 is 0. The second-order valence-electron chi connectivity index (χ2n) is 26.0. The molecule has 0 amide bonds. The van der Waals surface area contributed by atoms with Crippen LogP contribution >= 0.6 is 15.6 Å². The lowest BCUT2D eigenvalue weighted by Crippen LogP contribution is -2.30. The summed E-state index contributed by atoms with van der Waals surface area (Å²) in [6.45, 7) is 4.92. The van der Waals surface area contributed by atoms with Gasteiger partial charge in [-0.1, -0.05) is 329 Å². The zero-order valence-electron chi connectivity index (χ0n) is 58.8. The Kier molecular flexibility index (Phi) is 65.2. The summed E-state index contributed by atoms with van der Waals surface area (Å²) in [5.74, 6) is -2.12. The molecular weight excluding hydrogens is 1200 g/mol. The molecule has 17 nitrogen and oxygen atoms in total. The number of phosphoric ester groups is 2. The molecule has 0 aromatic rings. The molecule has 0 rings (SSSR count). The van der Waals surface area contributed by atoms with Crippen molar-refractivity contribution in [2.24, 2.45) is 0 Å². The molecule has 0 spiro atoms. The van der Waals surface area contributed by atoms with Crippen LogP contribution in [0.1, 0.15) is 381 Å². The van der Waals surface area contributed by atoms with E-state index in [0.717, 1.165) is 103 Å². The maximum atomic E-state index is 13.0. The van der Waals surface area contributed by atoms with E-state index in [4.69, 9.17) is 37.0 Å². The van der Waals surface area contributed by atoms with Crippen molar-refractivity contribution >= 4 is 39.5 Å². The smallest absolute Gasteiger partial charge is 0.462 e. The fraction of sp³-hybridized carbons (Fsp3) is 0.944. The zero-order valence-corrected chi connectivity index (χ0v) is 60.6. The number of esters is 4. The lowest BCUT2D eigenvalue weighted by atomic mass is 10.0. The van der Waals surface area contributed by atoms with Gasteiger partial charge in [0.2, 0.25) is 0 Å². The molecule has 0 bridgehead atoms. The van der Waals surface area contributed by atoms with E-state index in [-0.39, 0.29) is 25.7 Å². The minimum Gasteiger partial charge on any atom is -0.462 e. The maximum absolute atomic E-state index is 13.0. The molecule has 0 saturated heterocycles. The van der Waals surface area contributed by atoms with Crippen molar-refractivity contribution < 1.29 is 80.2 Å². The highest BCUT2D eigenvalue weighted by molar-refractivity contribution is 7.47. The summed E-state index contributed by atoms with van der Waals surface area (Å²) in [5.41, 5.74) is 0. The van der Waals surface area contributed by atoms with Crippen molar-refractivity contribution in [2.75, 3.05) is 39.6 Å². The van der Waals surface area contributed by atoms with Crippen molar-refractivity contribution in [1.29, 1.82) is 0 Å². The number of carbonyl (C=O) groups excluding carboxylic acids is 4. The molecule has 0 radical (unpaired) electrons. The number of phosphoric acid groups is 2. The first-order valence-electron chi connectivity index (χ1n) is 37.8. The number of carbonyl (C=O) groups is 4. The fourth-order valence-electron chi connectivity index (χ4n) is 11.0. The SMILES string of the molecule is CCCCCCCCCCCCCCCCCCCCCCC(=O)O[C@H](COC(=O)CCCCCCCCCCCCCC)COP(=O)(O)OC[C@@H](O)COP(=O)(O)OC[C@@H](COC(=O)CCCCCCCCC)OC(=O)CCCCCCCCCCCCCC. The molecule has 19 heteroatoms. The Hall–Kier alpha value is -1.94. The first-order chi connectivity index (χ1) is 44.2. The van der Waals surface area contributed by atoms with Gasteiger partial charge in [-0.05, 0) is 25.7 Å². The van der Waals surface area contributed by atoms with Crippen LogP contribution in [0.5, 0.6) is 0 Å². The van der Waals surface area contributed by atoms with Crippen LogP contribution in [0.15, 0.2) is 0 Å². The summed E-state index contributed by atoms with van der Waals surface area (Å²) in [4.78, 5) is 72.5. The molecule has 0 aromatic heterocycles. The molecule has 0 fully saturated rings. The van der Waals surface area contributed by atoms with Gasteiger partial charge in [-0.3, -0.25) is 37.3 Å². The van der Waals surface area contributed by atoms with Gasteiger partial charge in [0.25, 0.3) is 0 Å². The normalized spacial score (nSPS) is 14.0. The quantitative estimate of drug-likeness (QED) is 0.0222. The molecule has 0 saturated carbocycles. The van der Waals surface area contributed by atoms with Gasteiger partial charge in [-0.25, -0.2) is 9.13 Å². The second-order valence-corrected chi connectivity index (χ2v) is 28.9. The van der Waals surface area contributed by atoms with Crippen molar-refractivity contribution in [1.82, 2.24) is 0 Å². The number of rotatable bonds is 73. The van der Waals surface area contributed by atoms with Crippen LogP contribution in [0.4, 0.5) is 0 Å². The van der Waals surface area contributed by atoms with Crippen molar-refractivity contribution in [3.05, 3.63) is 0 Å². The van der Waals surface area contributed by atoms with Crippen LogP contribution in [-0.4, -0.2) is 96.7 Å². The Morgan fingerprint density at radius 1 is 0.264 bits per heavy atom. The van der Waals surface area contributed by atoms with Gasteiger partial charge in [0.15, 0.2) is 12.2 Å². The van der Waals surface area contributed by atoms with Gasteiger partial charge in [0.05, 0.1) is 26.4 Å². The molecule has 0 aromatic carbocycles. The Bertz CT molecular complexity index is 1740. The number of unbranched alkanes of at least 4 members (excludes halogenated alkanes) is 47. The maximum Gasteiger partial charge on any atom is 0.472 e. The minimum atomic E-state index is -4.95. The van der Waals surface area contributed by atoms with Crippen LogP contribution in [0.25, 0.3) is 0 Å². The molecule has 540 valence electrons. The molecule has 0 aliphatic carbocycles. The summed E-state index contributed by atoms with van der Waals surface area (Å²) in [7, 11) is -9.89. The number of hydrogen-bond donors (Lipinski definition) is 3. The standard InChI is InChI=1S/C72H140O17P2/c1-5-9-13-17-21-24-27-30-31-32-33-34-35-36-37-40-43-47-51-55-59-72(77)89-68(63-83-70(75)57-53-49-45-41-38-28-25-22-18-14-10-6-2)65-87-91(80,81)85-61-66(73)60-84-90(78,79)86-64-67(62-82-69(74)56-52-48-44-20-16-12-8-4)88-71(76)58-54-50-46-42-39-29-26-23-19-15-11-7-3/h66-68,73H,5-65H2,1-4H3,(H,78,79)(H,80,81)/t66-,67+,68+/m0/s1. The van der Waals surface area contributed by atoms with Crippen molar-refractivity contribution in [3.63, 3.8) is 0 Å². The minimum absolute atomic E-state index is 0.107. The molecule has 0 aliphatic heterocycles. The number of ether oxygens (including phenoxy) is 4. The predicted molar refractivity (Wildman–Crippen MR) is 368 cm³/mol. The highest BCUT2D eigenvalue weighted by Gasteiger charge is 2.30. The van der Waals surface area contributed by atoms with E-state index in [1.807, 2.05) is 0 Å². The number of aliphatic hydroxyl groups excluding tert-OH is 1. The third-order valence-corrected chi connectivity index (χ3v) is 18.8. The van der Waals surface area contributed by atoms with Gasteiger partial charge in [-0.2, -0.15) is 0 Å². The molecule has 3 N–H and O–H groups in total. The van der Waals surface area contributed by atoms with Crippen LogP contribution in [-0.2, 0) is 65.4 Å². The van der Waals surface area contributed by atoms with Gasteiger partial charge in [-0.15, -0.1) is 0 Å². The van der Waals surface area contributed by atoms with Gasteiger partial charge < -0.3 is 33.8 Å². The second kappa shape index (κ2) is 66.7. The molecule has 0 heterocycles. The Balaban J connectivity index is 5.15. The Morgan fingerprint density at radius 2 is 0.440 bits per heavy atom. The van der Waals surface area contributed by atoms with E-state index < -0.39 is 97.5 Å². The Labute approximate surface area is 556 Å². The zero-order chi connectivity index (χ0) is 66.8. The van der Waals surface area contributed by atoms with E-state index in [2.05, 4.69) is 27.7 Å². The highest BCUT2D eigenvalue weighted by atomic mass is 31.2. The largest absolute Gasteiger partial charge is 0.472 e. The van der Waals surface area contributed by atoms with Crippen LogP contribution in [0.3, 0.4) is 0 Å². The topological polar surface area (TPSA) is 237 Å². The van der Waals surface area contributed by atoms with E-state index >= 15 is 0 Å². The van der Waals surface area contributed by atoms with Crippen LogP contribution < -0.4 is 0 Å². The monoisotopic (exact) mass is 1340 g/mol. The summed E-state index contributed by atoms with van der Waals surface area (Å²) in [6.07, 6.45) is 55.6. The third kappa shape index (κ3) is 66.5. The van der Waals surface area contributed by atoms with E-state index in [9.17, 15) is 43.2 Å². The van der Waals surface area contributed by atoms with Crippen molar-refractivity contribution in [2.45, 2.75) is 399 Å². The summed E-state index contributed by atoms with van der Waals surface area (Å²) in [6, 6.07) is 0. The first-order valence-corrected chi connectivity index (χ1v) is 40.8. The van der Waals surface area contributed by atoms with Gasteiger partial charge in [0, 0.05) is 25.7 Å².